The summed E-state index contributed by atoms with van der Waals surface area (Å²) in [6.07, 6.45) is 3.67. The van der Waals surface area contributed by atoms with Gasteiger partial charge >= 0.3 is 0 Å². The van der Waals surface area contributed by atoms with Crippen molar-refractivity contribution < 1.29 is 9.59 Å². The number of rotatable bonds is 6. The van der Waals surface area contributed by atoms with E-state index in [2.05, 4.69) is 39.0 Å². The molecule has 1 heterocycles. The molecule has 5 rings (SSSR count). The van der Waals surface area contributed by atoms with Gasteiger partial charge in [-0.2, -0.15) is 0 Å². The van der Waals surface area contributed by atoms with Gasteiger partial charge in [0.05, 0.1) is 5.75 Å². The van der Waals surface area contributed by atoms with E-state index >= 15 is 0 Å². The molecule has 0 bridgehead atoms. The van der Waals surface area contributed by atoms with Crippen molar-refractivity contribution in [2.45, 2.75) is 18.0 Å². The van der Waals surface area contributed by atoms with Gasteiger partial charge in [-0.25, -0.2) is 0 Å². The molecule has 2 amide bonds. The van der Waals surface area contributed by atoms with Crippen LogP contribution in [0.15, 0.2) is 66.1 Å². The average molecular weight is 444 g/mol. The number of anilines is 2. The average Bonchev–Trinajstić information content (AvgIpc) is 3.41. The maximum absolute atomic E-state index is 13.0. The van der Waals surface area contributed by atoms with Crippen LogP contribution in [-0.4, -0.2) is 32.3 Å². The van der Waals surface area contributed by atoms with E-state index in [-0.39, 0.29) is 17.6 Å². The van der Waals surface area contributed by atoms with Crippen molar-refractivity contribution in [3.63, 3.8) is 0 Å². The van der Waals surface area contributed by atoms with Crippen molar-refractivity contribution in [2.75, 3.05) is 16.4 Å². The Labute approximate surface area is 189 Å². The number of carbonyl (C=O) groups is 2. The smallest absolute Gasteiger partial charge is 0.255 e. The highest BCUT2D eigenvalue weighted by molar-refractivity contribution is 7.99. The Kier molecular flexibility index (Phi) is 5.36. The van der Waals surface area contributed by atoms with Crippen LogP contribution in [0.3, 0.4) is 0 Å². The molecule has 0 aliphatic heterocycles. The Morgan fingerprint density at radius 2 is 1.84 bits per heavy atom. The van der Waals surface area contributed by atoms with Crippen LogP contribution < -0.4 is 10.6 Å². The number of carbonyl (C=O) groups excluding carboxylic acids is 2. The lowest BCUT2D eigenvalue weighted by molar-refractivity contribution is -0.113. The molecule has 0 saturated carbocycles. The lowest BCUT2D eigenvalue weighted by Gasteiger charge is -2.11. The lowest BCUT2D eigenvalue weighted by atomic mass is 10.0. The number of benzene rings is 3. The monoisotopic (exact) mass is 443 g/mol. The molecule has 0 spiro atoms. The summed E-state index contributed by atoms with van der Waals surface area (Å²) in [5.41, 5.74) is 4.51. The summed E-state index contributed by atoms with van der Waals surface area (Å²) < 4.78 is 1.75. The number of hydrogen-bond donors (Lipinski definition) is 2. The van der Waals surface area contributed by atoms with Crippen molar-refractivity contribution >= 4 is 45.7 Å². The van der Waals surface area contributed by atoms with Crippen LogP contribution in [0.5, 0.6) is 0 Å². The molecule has 1 aromatic heterocycles. The number of aromatic nitrogens is 3. The van der Waals surface area contributed by atoms with E-state index < -0.39 is 0 Å². The lowest BCUT2D eigenvalue weighted by Crippen LogP contribution is -2.16. The molecule has 1 aliphatic carbocycles. The number of hydrogen-bond acceptors (Lipinski definition) is 5. The third kappa shape index (κ3) is 3.97. The molecule has 160 valence electrons. The van der Waals surface area contributed by atoms with Crippen molar-refractivity contribution in [2.24, 2.45) is 7.05 Å². The first-order valence-electron chi connectivity index (χ1n) is 10.3. The van der Waals surface area contributed by atoms with Gasteiger partial charge in [0, 0.05) is 29.4 Å². The molecule has 7 nitrogen and oxygen atoms in total. The fraction of sp³-hybridized carbons (Fsp3) is 0.167. The molecule has 2 N–H and O–H groups in total. The second-order valence-corrected chi connectivity index (χ2v) is 8.65. The van der Waals surface area contributed by atoms with Gasteiger partial charge in [-0.1, -0.05) is 42.1 Å². The van der Waals surface area contributed by atoms with Crippen LogP contribution in [0.25, 0.3) is 10.8 Å². The highest BCUT2D eigenvalue weighted by Gasteiger charge is 2.17. The topological polar surface area (TPSA) is 88.9 Å². The molecule has 4 aromatic rings. The molecular formula is C24H21N5O2S. The zero-order chi connectivity index (χ0) is 22.1. The zero-order valence-corrected chi connectivity index (χ0v) is 18.3. The molecule has 32 heavy (non-hydrogen) atoms. The van der Waals surface area contributed by atoms with E-state index in [9.17, 15) is 9.59 Å². The fourth-order valence-electron chi connectivity index (χ4n) is 4.02. The van der Waals surface area contributed by atoms with E-state index in [0.29, 0.717) is 16.4 Å². The van der Waals surface area contributed by atoms with Crippen molar-refractivity contribution in [3.05, 3.63) is 77.6 Å². The predicted octanol–water partition coefficient (Wildman–Crippen LogP) is 4.05. The second kappa shape index (κ2) is 8.47. The van der Waals surface area contributed by atoms with Crippen LogP contribution in [0.1, 0.15) is 21.5 Å². The Hall–Kier alpha value is -3.65. The molecule has 0 atom stereocenters. The van der Waals surface area contributed by atoms with Gasteiger partial charge in [-0.3, -0.25) is 9.59 Å². The third-order valence-electron chi connectivity index (χ3n) is 5.54. The molecule has 3 aromatic carbocycles. The summed E-state index contributed by atoms with van der Waals surface area (Å²) in [5.74, 6) is -0.194. The number of aryl methyl sites for hydroxylation is 3. The predicted molar refractivity (Wildman–Crippen MR) is 126 cm³/mol. The minimum absolute atomic E-state index is 0.178. The van der Waals surface area contributed by atoms with Crippen LogP contribution in [0, 0.1) is 0 Å². The van der Waals surface area contributed by atoms with Gasteiger partial charge in [0.2, 0.25) is 5.91 Å². The standard InChI is InChI=1S/C24H21N5O2S/c1-29-14-25-28-24(29)32-13-21(30)26-18-6-2-5-17(12-18)23(31)27-20-11-10-16-9-8-15-4-3-7-19(20)22(15)16/h2-7,10-12,14H,8-9,13H2,1H3,(H,26,30)(H,27,31). The Balaban J connectivity index is 1.28. The van der Waals surface area contributed by atoms with Gasteiger partial charge in [0.1, 0.15) is 6.33 Å². The van der Waals surface area contributed by atoms with Crippen LogP contribution in [0.4, 0.5) is 11.4 Å². The van der Waals surface area contributed by atoms with Gasteiger partial charge in [0.25, 0.3) is 5.91 Å². The van der Waals surface area contributed by atoms with Crippen LogP contribution in [-0.2, 0) is 24.7 Å². The summed E-state index contributed by atoms with van der Waals surface area (Å²) in [7, 11) is 1.82. The van der Waals surface area contributed by atoms with E-state index in [4.69, 9.17) is 0 Å². The van der Waals surface area contributed by atoms with Crippen molar-refractivity contribution in [3.8, 4) is 0 Å². The molecule has 0 saturated heterocycles. The highest BCUT2D eigenvalue weighted by Crippen LogP contribution is 2.35. The second-order valence-electron chi connectivity index (χ2n) is 7.71. The largest absolute Gasteiger partial charge is 0.325 e. The molecule has 0 fully saturated rings. The van der Waals surface area contributed by atoms with Crippen molar-refractivity contribution in [1.82, 2.24) is 14.8 Å². The fourth-order valence-corrected chi connectivity index (χ4v) is 4.71. The maximum atomic E-state index is 13.0. The first-order valence-corrected chi connectivity index (χ1v) is 11.3. The normalized spacial score (nSPS) is 12.2. The van der Waals surface area contributed by atoms with Gasteiger partial charge in [-0.05, 0) is 53.6 Å². The highest BCUT2D eigenvalue weighted by atomic mass is 32.2. The molecule has 0 unspecified atom stereocenters. The minimum Gasteiger partial charge on any atom is -0.325 e. The number of nitrogens with zero attached hydrogens (tertiary/aromatic N) is 3. The Morgan fingerprint density at radius 3 is 2.66 bits per heavy atom. The molecule has 8 heteroatoms. The van der Waals surface area contributed by atoms with Gasteiger partial charge in [-0.15, -0.1) is 10.2 Å². The Bertz CT molecular complexity index is 1340. The van der Waals surface area contributed by atoms with Crippen LogP contribution in [0.2, 0.25) is 0 Å². The summed E-state index contributed by atoms with van der Waals surface area (Å²) >= 11 is 1.30. The molecule has 0 radical (unpaired) electrons. The van der Waals surface area contributed by atoms with E-state index in [1.807, 2.05) is 19.2 Å². The minimum atomic E-state index is -0.215. The molecular weight excluding hydrogens is 422 g/mol. The first-order chi connectivity index (χ1) is 15.6. The van der Waals surface area contributed by atoms with Gasteiger partial charge in [0.15, 0.2) is 5.16 Å². The SMILES string of the molecule is Cn1cnnc1SCC(=O)Nc1cccc(C(=O)Nc2ccc3c4c(cccc24)CC3)c1. The van der Waals surface area contributed by atoms with Crippen molar-refractivity contribution in [1.29, 1.82) is 0 Å². The quantitative estimate of drug-likeness (QED) is 0.439. The summed E-state index contributed by atoms with van der Waals surface area (Å²) in [5, 5.41) is 16.6. The number of thioether (sulfide) groups is 1. The van der Waals surface area contributed by atoms with Gasteiger partial charge < -0.3 is 15.2 Å². The summed E-state index contributed by atoms with van der Waals surface area (Å²) in [4.78, 5) is 25.3. The summed E-state index contributed by atoms with van der Waals surface area (Å²) in [6.45, 7) is 0. The van der Waals surface area contributed by atoms with E-state index in [0.717, 1.165) is 23.9 Å². The van der Waals surface area contributed by atoms with E-state index in [1.165, 1.54) is 28.3 Å². The van der Waals surface area contributed by atoms with E-state index in [1.54, 1.807) is 35.2 Å². The first kappa shape index (κ1) is 20.3. The van der Waals surface area contributed by atoms with Crippen LogP contribution >= 0.6 is 11.8 Å². The third-order valence-corrected chi connectivity index (χ3v) is 6.57. The Morgan fingerprint density at radius 1 is 1.03 bits per heavy atom. The summed E-state index contributed by atoms with van der Waals surface area (Å²) in [6, 6.07) is 17.2. The molecule has 1 aliphatic rings. The maximum Gasteiger partial charge on any atom is 0.255 e. The zero-order valence-electron chi connectivity index (χ0n) is 17.5. The number of nitrogens with one attached hydrogen (secondary N) is 2. The number of amides is 2.